The number of carbonyl (C=O) groups excluding carboxylic acids is 2. The predicted octanol–water partition coefficient (Wildman–Crippen LogP) is 9.96. The van der Waals surface area contributed by atoms with Gasteiger partial charge in [-0.3, -0.25) is 14.2 Å². The fourth-order valence-corrected chi connectivity index (χ4v) is 7.55. The topological polar surface area (TPSA) is 185 Å². The summed E-state index contributed by atoms with van der Waals surface area (Å²) >= 11 is 0. The molecule has 66 heavy (non-hydrogen) atoms. The molecule has 1 aromatic heterocycles. The molecule has 1 unspecified atom stereocenters. The molecule has 0 aliphatic carbocycles. The average Bonchev–Trinajstić information content (AvgIpc) is 3.53. The van der Waals surface area contributed by atoms with Gasteiger partial charge in [0.25, 0.3) is 7.82 Å². The Morgan fingerprint density at radius 2 is 1.24 bits per heavy atom. The lowest BCUT2D eigenvalue weighted by atomic mass is 10.0. The summed E-state index contributed by atoms with van der Waals surface area (Å²) < 4.78 is 40.0. The molecular weight excluding hydrogens is 862 g/mol. The third kappa shape index (κ3) is 32.6. The van der Waals surface area contributed by atoms with Crippen molar-refractivity contribution in [1.82, 2.24) is 0 Å². The van der Waals surface area contributed by atoms with Gasteiger partial charge in [0, 0.05) is 25.7 Å². The number of ether oxygens (including phenoxy) is 2. The van der Waals surface area contributed by atoms with Crippen molar-refractivity contribution < 1.29 is 61.8 Å². The maximum Gasteiger partial charge on any atom is 0.306 e. The highest BCUT2D eigenvalue weighted by atomic mass is 31.2. The number of likely N-dealkylation sites (N-methyl/N-ethyl adjacent to an activating group) is 1. The first kappa shape index (κ1) is 60.9. The normalized spacial score (nSPS) is 15.4. The summed E-state index contributed by atoms with van der Waals surface area (Å²) in [6.45, 7) is 7.95. The number of aliphatic hydroxyl groups is 3. The summed E-state index contributed by atoms with van der Waals surface area (Å²) in [5.74, 6) is 1.15. The fourth-order valence-electron chi connectivity index (χ4n) is 6.82. The predicted molar refractivity (Wildman–Crippen MR) is 262 cm³/mol. The molecule has 14 heteroatoms. The van der Waals surface area contributed by atoms with Gasteiger partial charge in [-0.25, -0.2) is 0 Å². The van der Waals surface area contributed by atoms with Crippen molar-refractivity contribution in [3.8, 4) is 0 Å². The SMILES string of the molecule is CC/C=C\C[C@@H](O)/C=C/C=C/C=C\C=C/[C@H](O)[C@@H](O)CCCC(=O)OC[C@H](COP(=O)([O-])OCC[N+](C)(C)C)OC(=O)CCCCCCCCCCCCc1oc(CCCCC)c(C)c1C. The van der Waals surface area contributed by atoms with Crippen molar-refractivity contribution in [2.45, 2.75) is 187 Å². The molecule has 1 heterocycles. The highest BCUT2D eigenvalue weighted by Crippen LogP contribution is 2.38. The monoisotopic (exact) mass is 950 g/mol. The number of aliphatic hydroxyl groups excluding tert-OH is 3. The van der Waals surface area contributed by atoms with Gasteiger partial charge in [0.15, 0.2) is 6.10 Å². The third-order valence-electron chi connectivity index (χ3n) is 11.1. The van der Waals surface area contributed by atoms with Gasteiger partial charge in [0.1, 0.15) is 31.3 Å². The van der Waals surface area contributed by atoms with Gasteiger partial charge in [-0.2, -0.15) is 0 Å². The van der Waals surface area contributed by atoms with Crippen LogP contribution in [0, 0.1) is 13.8 Å². The first-order valence-electron chi connectivity index (χ1n) is 24.7. The van der Waals surface area contributed by atoms with Crippen LogP contribution >= 0.6 is 7.82 Å². The highest BCUT2D eigenvalue weighted by Gasteiger charge is 2.22. The van der Waals surface area contributed by atoms with Gasteiger partial charge in [-0.05, 0) is 69.9 Å². The van der Waals surface area contributed by atoms with Crippen LogP contribution in [-0.2, 0) is 45.5 Å². The maximum absolute atomic E-state index is 12.8. The third-order valence-corrected chi connectivity index (χ3v) is 12.1. The highest BCUT2D eigenvalue weighted by molar-refractivity contribution is 7.45. The first-order chi connectivity index (χ1) is 31.5. The van der Waals surface area contributed by atoms with Gasteiger partial charge in [0.2, 0.25) is 0 Å². The standard InChI is InChI=1S/C52H88NO12P/c1-8-10-24-31-45(54)32-26-20-18-19-21-27-33-47(55)48(56)34-30-38-51(57)61-41-46(42-63-66(59,60)62-40-39-53(5,6)7)64-52(58)37-29-23-17-15-13-12-14-16-22-28-36-50-44(4)43(3)49(65-50)35-25-11-9-2/h10,18-21,24,26-27,32-33,45-48,54-56H,8-9,11-17,22-23,25,28-31,34-42H2,1-7H3/b20-18+,21-19-,24-10-,32-26+,33-27-/t45-,46-,47+,48+/m1/s1. The Labute approximate surface area is 398 Å². The second-order valence-electron chi connectivity index (χ2n) is 18.2. The molecule has 0 amide bonds. The summed E-state index contributed by atoms with van der Waals surface area (Å²) in [4.78, 5) is 37.8. The van der Waals surface area contributed by atoms with Crippen LogP contribution in [0.5, 0.6) is 0 Å². The van der Waals surface area contributed by atoms with E-state index in [2.05, 4.69) is 20.8 Å². The maximum atomic E-state index is 12.8. The molecule has 1 rings (SSSR count). The summed E-state index contributed by atoms with van der Waals surface area (Å²) in [6.07, 6.45) is 31.6. The number of hydrogen-bond donors (Lipinski definition) is 3. The van der Waals surface area contributed by atoms with Gasteiger partial charge in [0.05, 0.1) is 46.1 Å². The van der Waals surface area contributed by atoms with Crippen molar-refractivity contribution >= 4 is 19.8 Å². The number of esters is 2. The average molecular weight is 950 g/mol. The minimum Gasteiger partial charge on any atom is -0.756 e. The zero-order valence-corrected chi connectivity index (χ0v) is 42.6. The number of furan rings is 1. The van der Waals surface area contributed by atoms with Crippen LogP contribution in [0.4, 0.5) is 0 Å². The van der Waals surface area contributed by atoms with E-state index < -0.39 is 57.4 Å². The number of nitrogens with zero attached hydrogens (tertiary/aromatic N) is 1. The van der Waals surface area contributed by atoms with Crippen LogP contribution in [0.25, 0.3) is 0 Å². The second kappa shape index (κ2) is 36.9. The molecular formula is C52H88NO12P. The molecule has 0 aromatic carbocycles. The lowest BCUT2D eigenvalue weighted by molar-refractivity contribution is -0.870. The van der Waals surface area contributed by atoms with Crippen LogP contribution in [0.1, 0.15) is 158 Å². The van der Waals surface area contributed by atoms with E-state index in [9.17, 15) is 34.4 Å². The van der Waals surface area contributed by atoms with Gasteiger partial charge < -0.3 is 47.6 Å². The summed E-state index contributed by atoms with van der Waals surface area (Å²) in [7, 11) is 0.949. The van der Waals surface area contributed by atoms with E-state index in [1.54, 1.807) is 42.5 Å². The lowest BCUT2D eigenvalue weighted by Crippen LogP contribution is -2.37. The van der Waals surface area contributed by atoms with E-state index >= 15 is 0 Å². The largest absolute Gasteiger partial charge is 0.756 e. The summed E-state index contributed by atoms with van der Waals surface area (Å²) in [6, 6.07) is 0. The Morgan fingerprint density at radius 1 is 0.697 bits per heavy atom. The van der Waals surface area contributed by atoms with Gasteiger partial charge >= 0.3 is 11.9 Å². The number of hydrogen-bond acceptors (Lipinski definition) is 12. The molecule has 0 fully saturated rings. The Hall–Kier alpha value is -3.13. The molecule has 0 aliphatic heterocycles. The number of aryl methyl sites for hydroxylation is 2. The van der Waals surface area contributed by atoms with Crippen molar-refractivity contribution in [2.24, 2.45) is 0 Å². The smallest absolute Gasteiger partial charge is 0.306 e. The van der Waals surface area contributed by atoms with Crippen LogP contribution in [0.2, 0.25) is 0 Å². The van der Waals surface area contributed by atoms with Crippen LogP contribution < -0.4 is 4.89 Å². The number of phosphoric acid groups is 1. The molecule has 0 bridgehead atoms. The Morgan fingerprint density at radius 3 is 1.83 bits per heavy atom. The Bertz CT molecular complexity index is 1640. The van der Waals surface area contributed by atoms with E-state index in [0.717, 1.165) is 57.1 Å². The fraction of sp³-hybridized carbons (Fsp3) is 0.692. The molecule has 1 aromatic rings. The van der Waals surface area contributed by atoms with E-state index in [-0.39, 0.29) is 32.3 Å². The van der Waals surface area contributed by atoms with Crippen LogP contribution in [0.15, 0.2) is 65.2 Å². The zero-order chi connectivity index (χ0) is 49.1. The van der Waals surface area contributed by atoms with Crippen LogP contribution in [0.3, 0.4) is 0 Å². The van der Waals surface area contributed by atoms with Crippen molar-refractivity contribution in [3.63, 3.8) is 0 Å². The number of unbranched alkanes of at least 4 members (excludes halogenated alkanes) is 11. The second-order valence-corrected chi connectivity index (χ2v) is 19.7. The van der Waals surface area contributed by atoms with Gasteiger partial charge in [-0.1, -0.05) is 139 Å². The number of carbonyl (C=O) groups is 2. The molecule has 0 radical (unpaired) electrons. The molecule has 378 valence electrons. The molecule has 0 saturated carbocycles. The molecule has 0 spiro atoms. The van der Waals surface area contributed by atoms with Crippen molar-refractivity contribution in [2.75, 3.05) is 47.5 Å². The van der Waals surface area contributed by atoms with Gasteiger partial charge in [-0.15, -0.1) is 0 Å². The first-order valence-corrected chi connectivity index (χ1v) is 26.1. The molecule has 5 atom stereocenters. The number of allylic oxidation sites excluding steroid dienone is 7. The van der Waals surface area contributed by atoms with E-state index in [4.69, 9.17) is 22.9 Å². The van der Waals surface area contributed by atoms with Crippen LogP contribution in [-0.4, -0.2) is 104 Å². The zero-order valence-electron chi connectivity index (χ0n) is 41.7. The summed E-state index contributed by atoms with van der Waals surface area (Å²) in [5, 5.41) is 30.5. The van der Waals surface area contributed by atoms with E-state index in [0.29, 0.717) is 23.9 Å². The van der Waals surface area contributed by atoms with Crippen molar-refractivity contribution in [3.05, 3.63) is 83.4 Å². The molecule has 13 nitrogen and oxygen atoms in total. The molecule has 0 aliphatic rings. The Balaban J connectivity index is 2.44. The van der Waals surface area contributed by atoms with E-state index in [1.165, 1.54) is 67.9 Å². The number of rotatable bonds is 40. The van der Waals surface area contributed by atoms with Crippen molar-refractivity contribution in [1.29, 1.82) is 0 Å². The molecule has 0 saturated heterocycles. The number of quaternary nitrogens is 1. The summed E-state index contributed by atoms with van der Waals surface area (Å²) in [5.41, 5.74) is 2.65. The lowest BCUT2D eigenvalue weighted by Gasteiger charge is -2.28. The van der Waals surface area contributed by atoms with E-state index in [1.807, 2.05) is 40.2 Å². The minimum absolute atomic E-state index is 0.0870. The minimum atomic E-state index is -4.73. The molecule has 3 N–H and O–H groups in total. The number of phosphoric ester groups is 1. The quantitative estimate of drug-likeness (QED) is 0.0141. The Kier molecular flexibility index (Phi) is 34.0.